The first kappa shape index (κ1) is 13.1. The number of imidazole rings is 1. The summed E-state index contributed by atoms with van der Waals surface area (Å²) in [5.41, 5.74) is 1.70. The molecule has 0 amide bonds. The van der Waals surface area contributed by atoms with E-state index in [1.807, 2.05) is 28.8 Å². The Morgan fingerprint density at radius 1 is 1.35 bits per heavy atom. The van der Waals surface area contributed by atoms with E-state index in [1.165, 1.54) is 0 Å². The van der Waals surface area contributed by atoms with Crippen molar-refractivity contribution in [2.24, 2.45) is 0 Å². The van der Waals surface area contributed by atoms with Crippen molar-refractivity contribution in [3.63, 3.8) is 0 Å². The van der Waals surface area contributed by atoms with Crippen LogP contribution in [0.2, 0.25) is 5.02 Å². The molecular formula is C14H8BrClN4. The van der Waals surface area contributed by atoms with Gasteiger partial charge in [0.05, 0.1) is 28.5 Å². The van der Waals surface area contributed by atoms with Gasteiger partial charge >= 0.3 is 0 Å². The molecule has 0 aliphatic carbocycles. The second-order valence-electron chi connectivity index (χ2n) is 4.15. The molecule has 0 atom stereocenters. The fourth-order valence-corrected chi connectivity index (χ4v) is 2.79. The third kappa shape index (κ3) is 2.17. The van der Waals surface area contributed by atoms with Gasteiger partial charge in [0.15, 0.2) is 5.82 Å². The molecule has 20 heavy (non-hydrogen) atoms. The van der Waals surface area contributed by atoms with Crippen molar-refractivity contribution in [3.8, 4) is 11.9 Å². The van der Waals surface area contributed by atoms with Crippen LogP contribution < -0.4 is 0 Å². The maximum atomic E-state index is 8.97. The van der Waals surface area contributed by atoms with Gasteiger partial charge in [-0.25, -0.2) is 9.97 Å². The van der Waals surface area contributed by atoms with Crippen molar-refractivity contribution in [1.82, 2.24) is 14.5 Å². The smallest absolute Gasteiger partial charge is 0.157 e. The minimum atomic E-state index is 0.197. The number of hydrogen-bond donors (Lipinski definition) is 0. The molecule has 0 spiro atoms. The van der Waals surface area contributed by atoms with Crippen LogP contribution in [0.15, 0.2) is 41.0 Å². The molecule has 98 valence electrons. The summed E-state index contributed by atoms with van der Waals surface area (Å²) in [6.07, 6.45) is 1.87. The van der Waals surface area contributed by atoms with E-state index in [1.54, 1.807) is 12.3 Å². The summed E-state index contributed by atoms with van der Waals surface area (Å²) in [5, 5.41) is 9.47. The highest BCUT2D eigenvalue weighted by Crippen LogP contribution is 2.27. The lowest BCUT2D eigenvalue weighted by atomic mass is 10.3. The summed E-state index contributed by atoms with van der Waals surface area (Å²) >= 11 is 9.60. The average molecular weight is 348 g/mol. The number of benzene rings is 1. The van der Waals surface area contributed by atoms with Crippen LogP contribution in [0, 0.1) is 11.3 Å². The molecule has 4 nitrogen and oxygen atoms in total. The fourth-order valence-electron chi connectivity index (χ4n) is 2.07. The Kier molecular flexibility index (Phi) is 3.43. The van der Waals surface area contributed by atoms with E-state index in [9.17, 15) is 0 Å². The molecule has 0 aliphatic heterocycles. The van der Waals surface area contributed by atoms with Gasteiger partial charge in [-0.15, -0.1) is 0 Å². The van der Waals surface area contributed by atoms with Gasteiger partial charge in [0.25, 0.3) is 0 Å². The lowest BCUT2D eigenvalue weighted by molar-refractivity contribution is 0.921. The third-order valence-corrected chi connectivity index (χ3v) is 3.58. The third-order valence-electron chi connectivity index (χ3n) is 2.87. The molecule has 0 radical (unpaired) electrons. The second-order valence-corrected chi connectivity index (χ2v) is 5.47. The van der Waals surface area contributed by atoms with Crippen molar-refractivity contribution >= 4 is 38.6 Å². The number of nitrogens with zero attached hydrogens (tertiary/aromatic N) is 4. The number of halogens is 2. The highest BCUT2D eigenvalue weighted by atomic mass is 79.9. The highest BCUT2D eigenvalue weighted by Gasteiger charge is 2.15. The Labute approximate surface area is 128 Å². The number of para-hydroxylation sites is 2. The highest BCUT2D eigenvalue weighted by molar-refractivity contribution is 9.10. The van der Waals surface area contributed by atoms with Crippen LogP contribution in [0.5, 0.6) is 0 Å². The van der Waals surface area contributed by atoms with Gasteiger partial charge in [0.1, 0.15) is 5.82 Å². The largest absolute Gasteiger partial charge is 0.278 e. The monoisotopic (exact) mass is 346 g/mol. The topological polar surface area (TPSA) is 54.5 Å². The molecule has 1 aromatic carbocycles. The van der Waals surface area contributed by atoms with Crippen LogP contribution >= 0.6 is 27.5 Å². The number of aromatic nitrogens is 3. The van der Waals surface area contributed by atoms with Crippen LogP contribution in [0.3, 0.4) is 0 Å². The number of rotatable bonds is 2. The first-order chi connectivity index (χ1) is 9.70. The predicted octanol–water partition coefficient (Wildman–Crippen LogP) is 3.90. The lowest BCUT2D eigenvalue weighted by Crippen LogP contribution is -2.03. The zero-order valence-corrected chi connectivity index (χ0v) is 12.6. The lowest BCUT2D eigenvalue weighted by Gasteiger charge is -2.08. The zero-order chi connectivity index (χ0) is 14.1. The van der Waals surface area contributed by atoms with Gasteiger partial charge in [0, 0.05) is 10.7 Å². The number of hydrogen-bond acceptors (Lipinski definition) is 3. The second kappa shape index (κ2) is 5.23. The predicted molar refractivity (Wildman–Crippen MR) is 80.9 cm³/mol. The summed E-state index contributed by atoms with van der Waals surface area (Å²) in [5.74, 6) is 1.21. The van der Waals surface area contributed by atoms with E-state index >= 15 is 0 Å². The number of pyridine rings is 1. The van der Waals surface area contributed by atoms with Crippen LogP contribution in [0.25, 0.3) is 16.9 Å². The maximum absolute atomic E-state index is 8.97. The minimum Gasteiger partial charge on any atom is -0.278 e. The van der Waals surface area contributed by atoms with Gasteiger partial charge < -0.3 is 0 Å². The number of nitriles is 1. The molecule has 2 aromatic heterocycles. The minimum absolute atomic E-state index is 0.197. The molecule has 3 aromatic rings. The molecule has 0 N–H and O–H groups in total. The molecule has 0 fully saturated rings. The summed E-state index contributed by atoms with van der Waals surface area (Å²) in [4.78, 5) is 8.82. The molecule has 0 aliphatic rings. The van der Waals surface area contributed by atoms with Crippen LogP contribution in [0.1, 0.15) is 5.82 Å². The normalized spacial score (nSPS) is 10.7. The fraction of sp³-hybridized carbons (Fsp3) is 0.0714. The van der Waals surface area contributed by atoms with E-state index in [4.69, 9.17) is 16.9 Å². The van der Waals surface area contributed by atoms with E-state index < -0.39 is 0 Å². The quantitative estimate of drug-likeness (QED) is 0.706. The molecule has 6 heteroatoms. The molecule has 0 bridgehead atoms. The van der Waals surface area contributed by atoms with E-state index in [2.05, 4.69) is 32.0 Å². The Morgan fingerprint density at radius 3 is 2.90 bits per heavy atom. The van der Waals surface area contributed by atoms with Crippen molar-refractivity contribution in [1.29, 1.82) is 5.26 Å². The van der Waals surface area contributed by atoms with Crippen molar-refractivity contribution in [2.45, 2.75) is 6.42 Å². The first-order valence-electron chi connectivity index (χ1n) is 5.85. The summed E-state index contributed by atoms with van der Waals surface area (Å²) in [6, 6.07) is 11.6. The van der Waals surface area contributed by atoms with E-state index in [0.29, 0.717) is 16.7 Å². The zero-order valence-electron chi connectivity index (χ0n) is 10.2. The van der Waals surface area contributed by atoms with E-state index in [-0.39, 0.29) is 6.42 Å². The molecular weight excluding hydrogens is 340 g/mol. The molecule has 0 saturated heterocycles. The van der Waals surface area contributed by atoms with Crippen LogP contribution in [-0.4, -0.2) is 14.5 Å². The van der Waals surface area contributed by atoms with Gasteiger partial charge in [0.2, 0.25) is 0 Å². The molecule has 2 heterocycles. The van der Waals surface area contributed by atoms with Gasteiger partial charge in [-0.05, 0) is 34.1 Å². The molecule has 0 saturated carbocycles. The summed E-state index contributed by atoms with van der Waals surface area (Å²) in [6.45, 7) is 0. The Bertz CT molecular complexity index is 835. The Balaban J connectivity index is 2.33. The Hall–Kier alpha value is -1.90. The van der Waals surface area contributed by atoms with Crippen LogP contribution in [0.4, 0.5) is 0 Å². The average Bonchev–Trinajstić information content (AvgIpc) is 2.78. The summed E-state index contributed by atoms with van der Waals surface area (Å²) < 4.78 is 2.63. The number of fused-ring (bicyclic) bond motifs is 1. The van der Waals surface area contributed by atoms with Crippen molar-refractivity contribution in [2.75, 3.05) is 0 Å². The van der Waals surface area contributed by atoms with E-state index in [0.717, 1.165) is 15.5 Å². The summed E-state index contributed by atoms with van der Waals surface area (Å²) in [7, 11) is 0. The first-order valence-corrected chi connectivity index (χ1v) is 7.02. The Morgan fingerprint density at radius 2 is 2.15 bits per heavy atom. The van der Waals surface area contributed by atoms with Gasteiger partial charge in [-0.1, -0.05) is 23.7 Å². The van der Waals surface area contributed by atoms with Gasteiger partial charge in [-0.3, -0.25) is 4.57 Å². The standard InChI is InChI=1S/C14H8BrClN4/c15-9-7-10(16)14(18-8-9)20-12-4-2-1-3-11(12)19-13(20)5-6-17/h1-4,7-8H,5H2. The van der Waals surface area contributed by atoms with Crippen molar-refractivity contribution in [3.05, 3.63) is 51.8 Å². The molecule has 3 rings (SSSR count). The molecule has 0 unspecified atom stereocenters. The van der Waals surface area contributed by atoms with Crippen molar-refractivity contribution < 1.29 is 0 Å². The maximum Gasteiger partial charge on any atom is 0.157 e. The SMILES string of the molecule is N#CCc1nc2ccccc2n1-c1ncc(Br)cc1Cl. The van der Waals surface area contributed by atoms with Crippen LogP contribution in [-0.2, 0) is 6.42 Å². The van der Waals surface area contributed by atoms with Gasteiger partial charge in [-0.2, -0.15) is 5.26 Å².